The molecule has 6 nitrogen and oxygen atoms in total. The third-order valence-corrected chi connectivity index (χ3v) is 3.05. The van der Waals surface area contributed by atoms with Crippen molar-refractivity contribution in [3.63, 3.8) is 0 Å². The third-order valence-electron chi connectivity index (χ3n) is 3.05. The molecule has 0 aromatic heterocycles. The number of aliphatic hydroxyl groups excluding tert-OH is 1. The Labute approximate surface area is 120 Å². The maximum absolute atomic E-state index is 9.79. The van der Waals surface area contributed by atoms with Crippen LogP contribution in [0.1, 0.15) is 59.8 Å². The number of hydrogen-bond donors (Lipinski definition) is 4. The normalized spacial score (nSPS) is 12.6. The largest absolute Gasteiger partial charge is 0.481 e. The van der Waals surface area contributed by atoms with Crippen LogP contribution in [0, 0.1) is 11.3 Å². The van der Waals surface area contributed by atoms with E-state index in [0.717, 1.165) is 12.8 Å². The van der Waals surface area contributed by atoms with Crippen molar-refractivity contribution < 1.29 is 30.0 Å². The Bertz CT molecular complexity index is 271. The summed E-state index contributed by atoms with van der Waals surface area (Å²) in [6.07, 6.45) is 0.845. The molecular weight excluding hydrogens is 264 g/mol. The number of carboxylic acids is 2. The Morgan fingerprint density at radius 1 is 1.05 bits per heavy atom. The SMILES string of the molecule is CCC(C)CC(C)(C)C(O)O.O=C(O)CCCC(=O)O. The van der Waals surface area contributed by atoms with Crippen molar-refractivity contribution in [2.75, 3.05) is 0 Å². The minimum atomic E-state index is -1.20. The zero-order valence-electron chi connectivity index (χ0n) is 12.8. The highest BCUT2D eigenvalue weighted by Gasteiger charge is 2.27. The van der Waals surface area contributed by atoms with Gasteiger partial charge in [0, 0.05) is 18.3 Å². The minimum absolute atomic E-state index is 0.0632. The molecule has 0 fully saturated rings. The van der Waals surface area contributed by atoms with E-state index in [1.165, 1.54) is 0 Å². The lowest BCUT2D eigenvalue weighted by Crippen LogP contribution is -2.30. The highest BCUT2D eigenvalue weighted by molar-refractivity contribution is 5.69. The van der Waals surface area contributed by atoms with Crippen LogP contribution in [0.4, 0.5) is 0 Å². The third kappa shape index (κ3) is 13.3. The van der Waals surface area contributed by atoms with E-state index in [4.69, 9.17) is 20.4 Å². The Balaban J connectivity index is 0. The highest BCUT2D eigenvalue weighted by Crippen LogP contribution is 2.29. The predicted molar refractivity (Wildman–Crippen MR) is 75.2 cm³/mol. The first-order valence-corrected chi connectivity index (χ1v) is 6.82. The summed E-state index contributed by atoms with van der Waals surface area (Å²) in [7, 11) is 0. The summed E-state index contributed by atoms with van der Waals surface area (Å²) < 4.78 is 0. The van der Waals surface area contributed by atoms with Crippen molar-refractivity contribution in [2.24, 2.45) is 11.3 Å². The summed E-state index contributed by atoms with van der Waals surface area (Å²) in [5.74, 6) is -1.33. The first kappa shape index (κ1) is 21.2. The van der Waals surface area contributed by atoms with Gasteiger partial charge in [0.25, 0.3) is 0 Å². The van der Waals surface area contributed by atoms with Crippen LogP contribution in [0.2, 0.25) is 0 Å². The molecule has 1 unspecified atom stereocenters. The molecule has 1 atom stereocenters. The number of carbonyl (C=O) groups is 2. The number of aliphatic hydroxyl groups is 2. The first-order chi connectivity index (χ1) is 9.02. The van der Waals surface area contributed by atoms with Crippen LogP contribution in [0.5, 0.6) is 0 Å². The van der Waals surface area contributed by atoms with Gasteiger partial charge in [-0.1, -0.05) is 34.1 Å². The summed E-state index contributed by atoms with van der Waals surface area (Å²) in [4.78, 5) is 19.6. The van der Waals surface area contributed by atoms with Crippen LogP contribution in [0.3, 0.4) is 0 Å². The molecule has 0 aliphatic rings. The van der Waals surface area contributed by atoms with Crippen molar-refractivity contribution in [3.05, 3.63) is 0 Å². The molecule has 120 valence electrons. The standard InChI is InChI=1S/C9H20O2.C5H8O4/c1-5-7(2)6-9(3,4)8(10)11;6-4(7)2-1-3-5(8)9/h7-8,10-11H,5-6H2,1-4H3;1-3H2,(H,6,7)(H,8,9). The fourth-order valence-electron chi connectivity index (χ4n) is 1.54. The zero-order chi connectivity index (χ0) is 16.3. The van der Waals surface area contributed by atoms with E-state index in [-0.39, 0.29) is 24.7 Å². The summed E-state index contributed by atoms with van der Waals surface area (Å²) in [5.41, 5.74) is -0.366. The molecule has 0 rings (SSSR count). The molecule has 0 amide bonds. The maximum Gasteiger partial charge on any atom is 0.303 e. The van der Waals surface area contributed by atoms with Crippen LogP contribution < -0.4 is 0 Å². The molecular formula is C14H28O6. The van der Waals surface area contributed by atoms with Crippen molar-refractivity contribution in [2.45, 2.75) is 66.1 Å². The maximum atomic E-state index is 9.79. The van der Waals surface area contributed by atoms with Crippen molar-refractivity contribution in [3.8, 4) is 0 Å². The van der Waals surface area contributed by atoms with E-state index in [1.807, 2.05) is 13.8 Å². The van der Waals surface area contributed by atoms with Gasteiger partial charge < -0.3 is 20.4 Å². The van der Waals surface area contributed by atoms with Gasteiger partial charge >= 0.3 is 11.9 Å². The van der Waals surface area contributed by atoms with E-state index < -0.39 is 18.2 Å². The zero-order valence-corrected chi connectivity index (χ0v) is 12.8. The number of carboxylic acid groups (broad SMARTS) is 2. The number of rotatable bonds is 8. The van der Waals surface area contributed by atoms with Gasteiger partial charge in [0.15, 0.2) is 6.29 Å². The van der Waals surface area contributed by atoms with Crippen molar-refractivity contribution in [1.82, 2.24) is 0 Å². The van der Waals surface area contributed by atoms with E-state index in [2.05, 4.69) is 13.8 Å². The lowest BCUT2D eigenvalue weighted by Gasteiger charge is -2.29. The van der Waals surface area contributed by atoms with Gasteiger partial charge in [0.1, 0.15) is 0 Å². The van der Waals surface area contributed by atoms with Gasteiger partial charge in [-0.05, 0) is 18.8 Å². The minimum Gasteiger partial charge on any atom is -0.481 e. The van der Waals surface area contributed by atoms with Crippen molar-refractivity contribution >= 4 is 11.9 Å². The average molecular weight is 292 g/mol. The molecule has 0 saturated carbocycles. The topological polar surface area (TPSA) is 115 Å². The number of hydrogen-bond acceptors (Lipinski definition) is 4. The molecule has 0 saturated heterocycles. The Morgan fingerprint density at radius 2 is 1.45 bits per heavy atom. The van der Waals surface area contributed by atoms with Gasteiger partial charge in [0.05, 0.1) is 0 Å². The van der Waals surface area contributed by atoms with E-state index >= 15 is 0 Å². The summed E-state index contributed by atoms with van der Waals surface area (Å²) in [5, 5.41) is 34.0. The second-order valence-electron chi connectivity index (χ2n) is 5.72. The van der Waals surface area contributed by atoms with Gasteiger partial charge in [0.2, 0.25) is 0 Å². The smallest absolute Gasteiger partial charge is 0.303 e. The van der Waals surface area contributed by atoms with Crippen LogP contribution in [-0.2, 0) is 9.59 Å². The fraction of sp³-hybridized carbons (Fsp3) is 0.857. The lowest BCUT2D eigenvalue weighted by atomic mass is 9.82. The molecule has 0 heterocycles. The molecule has 0 aliphatic carbocycles. The molecule has 0 aromatic carbocycles. The molecule has 0 aromatic rings. The Hall–Kier alpha value is -1.14. The molecule has 4 N–H and O–H groups in total. The average Bonchev–Trinajstić information content (AvgIpc) is 2.27. The summed E-state index contributed by atoms with van der Waals surface area (Å²) in [6, 6.07) is 0. The van der Waals surface area contributed by atoms with Crippen LogP contribution in [-0.4, -0.2) is 38.7 Å². The van der Waals surface area contributed by atoms with Gasteiger partial charge in [-0.25, -0.2) is 0 Å². The van der Waals surface area contributed by atoms with E-state index in [1.54, 1.807) is 0 Å². The highest BCUT2D eigenvalue weighted by atomic mass is 16.5. The fourth-order valence-corrected chi connectivity index (χ4v) is 1.54. The second-order valence-corrected chi connectivity index (χ2v) is 5.72. The molecule has 0 spiro atoms. The first-order valence-electron chi connectivity index (χ1n) is 6.82. The summed E-state index contributed by atoms with van der Waals surface area (Å²) >= 11 is 0. The predicted octanol–water partition coefficient (Wildman–Crippen LogP) is 2.09. The number of aliphatic carboxylic acids is 2. The summed E-state index contributed by atoms with van der Waals surface area (Å²) in [6.45, 7) is 8.00. The van der Waals surface area contributed by atoms with E-state index in [9.17, 15) is 9.59 Å². The lowest BCUT2D eigenvalue weighted by molar-refractivity contribution is -0.138. The quantitative estimate of drug-likeness (QED) is 0.509. The Morgan fingerprint density at radius 3 is 1.70 bits per heavy atom. The molecule has 0 aliphatic heterocycles. The molecule has 0 radical (unpaired) electrons. The van der Waals surface area contributed by atoms with Gasteiger partial charge in [-0.15, -0.1) is 0 Å². The van der Waals surface area contributed by atoms with Crippen molar-refractivity contribution in [1.29, 1.82) is 0 Å². The Kier molecular flexibility index (Phi) is 11.2. The molecule has 6 heteroatoms. The van der Waals surface area contributed by atoms with Gasteiger partial charge in [-0.3, -0.25) is 9.59 Å². The molecule has 0 bridgehead atoms. The second kappa shape index (κ2) is 10.6. The molecule has 20 heavy (non-hydrogen) atoms. The van der Waals surface area contributed by atoms with Crippen LogP contribution >= 0.6 is 0 Å². The van der Waals surface area contributed by atoms with Crippen LogP contribution in [0.25, 0.3) is 0 Å². The van der Waals surface area contributed by atoms with Gasteiger partial charge in [-0.2, -0.15) is 0 Å². The van der Waals surface area contributed by atoms with Crippen LogP contribution in [0.15, 0.2) is 0 Å². The monoisotopic (exact) mass is 292 g/mol. The van der Waals surface area contributed by atoms with E-state index in [0.29, 0.717) is 5.92 Å².